The molecule has 1 amide bonds. The van der Waals surface area contributed by atoms with Gasteiger partial charge in [-0.25, -0.2) is 9.18 Å². The number of ether oxygens (including phenoxy) is 1. The van der Waals surface area contributed by atoms with E-state index in [1.165, 1.54) is 6.07 Å². The zero-order valence-corrected chi connectivity index (χ0v) is 13.3. The molecule has 0 heterocycles. The first-order chi connectivity index (χ1) is 12.0. The van der Waals surface area contributed by atoms with Crippen LogP contribution < -0.4 is 5.32 Å². The van der Waals surface area contributed by atoms with Gasteiger partial charge >= 0.3 is 12.1 Å². The van der Waals surface area contributed by atoms with Crippen molar-refractivity contribution in [2.75, 3.05) is 6.54 Å². The molecule has 25 heavy (non-hydrogen) atoms. The van der Waals surface area contributed by atoms with Gasteiger partial charge in [0, 0.05) is 6.54 Å². The Balaban J connectivity index is 1.85. The Morgan fingerprint density at radius 1 is 1.12 bits per heavy atom. The van der Waals surface area contributed by atoms with E-state index in [2.05, 4.69) is 5.32 Å². The summed E-state index contributed by atoms with van der Waals surface area (Å²) in [6, 6.07) is 12.7. The number of hydrogen-bond donors (Lipinski definition) is 3. The minimum absolute atomic E-state index is 0.00545. The van der Waals surface area contributed by atoms with Crippen molar-refractivity contribution >= 4 is 12.1 Å². The number of nitrogens with one attached hydrogen (secondary N) is 1. The Kier molecular flexibility index (Phi) is 6.33. The normalized spacial score (nSPS) is 11.6. The maximum Gasteiger partial charge on any atom is 0.407 e. The zero-order valence-electron chi connectivity index (χ0n) is 13.3. The lowest BCUT2D eigenvalue weighted by Gasteiger charge is -2.14. The van der Waals surface area contributed by atoms with Gasteiger partial charge in [-0.15, -0.1) is 0 Å². The number of amides is 1. The third-order valence-electron chi connectivity index (χ3n) is 3.55. The molecule has 0 aliphatic carbocycles. The summed E-state index contributed by atoms with van der Waals surface area (Å²) < 4.78 is 18.3. The van der Waals surface area contributed by atoms with Gasteiger partial charge in [0.1, 0.15) is 6.61 Å². The van der Waals surface area contributed by atoms with Crippen LogP contribution in [0, 0.1) is 11.7 Å². The predicted molar refractivity (Wildman–Crippen MR) is 87.5 cm³/mol. The Morgan fingerprint density at radius 3 is 2.48 bits per heavy atom. The van der Waals surface area contributed by atoms with Gasteiger partial charge in [-0.1, -0.05) is 36.4 Å². The van der Waals surface area contributed by atoms with Crippen LogP contribution in [0.1, 0.15) is 11.1 Å². The molecule has 0 saturated heterocycles. The molecule has 0 bridgehead atoms. The first kappa shape index (κ1) is 18.3. The van der Waals surface area contributed by atoms with E-state index in [4.69, 9.17) is 9.84 Å². The van der Waals surface area contributed by atoms with Crippen LogP contribution in [0.25, 0.3) is 0 Å². The van der Waals surface area contributed by atoms with Gasteiger partial charge in [-0.05, 0) is 29.7 Å². The van der Waals surface area contributed by atoms with Crippen molar-refractivity contribution in [1.29, 1.82) is 0 Å². The lowest BCUT2D eigenvalue weighted by Crippen LogP contribution is -2.34. The summed E-state index contributed by atoms with van der Waals surface area (Å²) in [7, 11) is 0. The minimum Gasteiger partial charge on any atom is -0.505 e. The summed E-state index contributed by atoms with van der Waals surface area (Å²) in [5.41, 5.74) is 1.22. The molecular formula is C18H18FNO5. The van der Waals surface area contributed by atoms with Gasteiger partial charge in [-0.2, -0.15) is 0 Å². The Bertz CT molecular complexity index is 736. The van der Waals surface area contributed by atoms with Crippen molar-refractivity contribution < 1.29 is 28.9 Å². The molecule has 1 atom stereocenters. The standard InChI is InChI=1S/C18H18FNO5/c19-15-9-13(6-7-16(15)21)8-14(17(22)23)10-20-18(24)25-11-12-4-2-1-3-5-12/h1-7,9,14,21H,8,10-11H2,(H,20,24)(H,22,23). The van der Waals surface area contributed by atoms with Crippen LogP contribution >= 0.6 is 0 Å². The number of benzene rings is 2. The number of carboxylic acid groups (broad SMARTS) is 1. The lowest BCUT2D eigenvalue weighted by molar-refractivity contribution is -0.141. The molecule has 0 radical (unpaired) electrons. The molecule has 3 N–H and O–H groups in total. The Hall–Kier alpha value is -3.09. The number of carbonyl (C=O) groups is 2. The molecule has 0 aliphatic rings. The fourth-order valence-electron chi connectivity index (χ4n) is 2.19. The largest absolute Gasteiger partial charge is 0.505 e. The molecule has 132 valence electrons. The van der Waals surface area contributed by atoms with Crippen LogP contribution in [0.4, 0.5) is 9.18 Å². The number of alkyl carbamates (subject to hydrolysis) is 1. The van der Waals surface area contributed by atoms with E-state index < -0.39 is 29.5 Å². The summed E-state index contributed by atoms with van der Waals surface area (Å²) in [5.74, 6) is -3.40. The van der Waals surface area contributed by atoms with Crippen LogP contribution in [-0.2, 0) is 22.6 Å². The van der Waals surface area contributed by atoms with E-state index in [1.54, 1.807) is 12.1 Å². The van der Waals surface area contributed by atoms with Gasteiger partial charge in [0.05, 0.1) is 5.92 Å². The number of aliphatic carboxylic acids is 1. The van der Waals surface area contributed by atoms with Gasteiger partial charge in [-0.3, -0.25) is 4.79 Å². The van der Waals surface area contributed by atoms with Crippen LogP contribution in [-0.4, -0.2) is 28.8 Å². The van der Waals surface area contributed by atoms with Crippen molar-refractivity contribution in [2.24, 2.45) is 5.92 Å². The van der Waals surface area contributed by atoms with E-state index in [0.29, 0.717) is 5.56 Å². The SMILES string of the molecule is O=C(NCC(Cc1ccc(O)c(F)c1)C(=O)O)OCc1ccccc1. The number of phenolic OH excluding ortho intramolecular Hbond substituents is 1. The number of aromatic hydroxyl groups is 1. The molecular weight excluding hydrogens is 329 g/mol. The molecule has 2 rings (SSSR count). The molecule has 1 unspecified atom stereocenters. The molecule has 0 saturated carbocycles. The minimum atomic E-state index is -1.13. The second-order valence-corrected chi connectivity index (χ2v) is 5.47. The monoisotopic (exact) mass is 347 g/mol. The summed E-state index contributed by atoms with van der Waals surface area (Å²) >= 11 is 0. The van der Waals surface area contributed by atoms with E-state index in [0.717, 1.165) is 17.7 Å². The van der Waals surface area contributed by atoms with Gasteiger partial charge in [0.25, 0.3) is 0 Å². The highest BCUT2D eigenvalue weighted by molar-refractivity contribution is 5.73. The zero-order chi connectivity index (χ0) is 18.2. The molecule has 0 aliphatic heterocycles. The van der Waals surface area contributed by atoms with Crippen molar-refractivity contribution in [3.05, 3.63) is 65.5 Å². The summed E-state index contributed by atoms with van der Waals surface area (Å²) in [6.45, 7) is -0.0843. The third kappa shape index (κ3) is 5.80. The van der Waals surface area contributed by atoms with E-state index in [1.807, 2.05) is 18.2 Å². The molecule has 7 heteroatoms. The lowest BCUT2D eigenvalue weighted by atomic mass is 9.99. The maximum atomic E-state index is 13.3. The first-order valence-electron chi connectivity index (χ1n) is 7.60. The summed E-state index contributed by atoms with van der Waals surface area (Å²) in [5, 5.41) is 20.8. The number of carbonyl (C=O) groups excluding carboxylic acids is 1. The van der Waals surface area contributed by atoms with Crippen molar-refractivity contribution in [2.45, 2.75) is 13.0 Å². The first-order valence-corrected chi connectivity index (χ1v) is 7.60. The summed E-state index contributed by atoms with van der Waals surface area (Å²) in [4.78, 5) is 23.0. The second-order valence-electron chi connectivity index (χ2n) is 5.47. The van der Waals surface area contributed by atoms with E-state index in [9.17, 15) is 19.1 Å². The smallest absolute Gasteiger partial charge is 0.407 e. The predicted octanol–water partition coefficient (Wildman–Crippen LogP) is 2.70. The molecule has 0 aromatic heterocycles. The second kappa shape index (κ2) is 8.68. The highest BCUT2D eigenvalue weighted by Crippen LogP contribution is 2.18. The molecule has 6 nitrogen and oxygen atoms in total. The molecule has 2 aromatic carbocycles. The Morgan fingerprint density at radius 2 is 1.84 bits per heavy atom. The van der Waals surface area contributed by atoms with E-state index in [-0.39, 0.29) is 19.6 Å². The molecule has 2 aromatic rings. The highest BCUT2D eigenvalue weighted by atomic mass is 19.1. The van der Waals surface area contributed by atoms with Gasteiger partial charge < -0.3 is 20.3 Å². The number of phenols is 1. The van der Waals surface area contributed by atoms with Crippen molar-refractivity contribution in [3.63, 3.8) is 0 Å². The average molecular weight is 347 g/mol. The topological polar surface area (TPSA) is 95.9 Å². The number of halogens is 1. The van der Waals surface area contributed by atoms with Crippen molar-refractivity contribution in [1.82, 2.24) is 5.32 Å². The maximum absolute atomic E-state index is 13.3. The van der Waals surface area contributed by atoms with E-state index >= 15 is 0 Å². The average Bonchev–Trinajstić information content (AvgIpc) is 2.60. The molecule has 0 fully saturated rings. The summed E-state index contributed by atoms with van der Waals surface area (Å²) in [6.07, 6.45) is -0.724. The molecule has 0 spiro atoms. The van der Waals surface area contributed by atoms with Crippen LogP contribution in [0.2, 0.25) is 0 Å². The fourth-order valence-corrected chi connectivity index (χ4v) is 2.19. The van der Waals surface area contributed by atoms with Gasteiger partial charge in [0.15, 0.2) is 11.6 Å². The van der Waals surface area contributed by atoms with Crippen LogP contribution in [0.15, 0.2) is 48.5 Å². The van der Waals surface area contributed by atoms with Crippen LogP contribution in [0.5, 0.6) is 5.75 Å². The Labute approximate surface area is 143 Å². The quantitative estimate of drug-likeness (QED) is 0.716. The number of hydrogen-bond acceptors (Lipinski definition) is 4. The number of carboxylic acids is 1. The van der Waals surface area contributed by atoms with Crippen molar-refractivity contribution in [3.8, 4) is 5.75 Å². The van der Waals surface area contributed by atoms with Gasteiger partial charge in [0.2, 0.25) is 0 Å². The highest BCUT2D eigenvalue weighted by Gasteiger charge is 2.20. The fraction of sp³-hybridized carbons (Fsp3) is 0.222. The number of rotatable bonds is 7. The third-order valence-corrected chi connectivity index (χ3v) is 3.55. The van der Waals surface area contributed by atoms with Crippen LogP contribution in [0.3, 0.4) is 0 Å².